The van der Waals surface area contributed by atoms with Crippen molar-refractivity contribution in [3.05, 3.63) is 41.1 Å². The van der Waals surface area contributed by atoms with Gasteiger partial charge in [0.25, 0.3) is 5.91 Å². The third-order valence-corrected chi connectivity index (χ3v) is 6.82. The van der Waals surface area contributed by atoms with E-state index < -0.39 is 0 Å². The van der Waals surface area contributed by atoms with E-state index in [0.29, 0.717) is 23.9 Å². The summed E-state index contributed by atoms with van der Waals surface area (Å²) in [5.41, 5.74) is 10.4. The maximum Gasteiger partial charge on any atom is 0.252 e. The zero-order valence-electron chi connectivity index (χ0n) is 16.0. The third kappa shape index (κ3) is 3.62. The number of nitrogens with zero attached hydrogens (tertiary/aromatic N) is 1. The van der Waals surface area contributed by atoms with Crippen molar-refractivity contribution in [2.75, 3.05) is 0 Å². The molecule has 1 aromatic heterocycles. The number of carbonyl (C=O) groups excluding carboxylic acids is 1. The molecule has 0 spiro atoms. The van der Waals surface area contributed by atoms with Crippen LogP contribution in [0, 0.1) is 11.8 Å². The Labute approximate surface area is 178 Å². The molecule has 0 aliphatic heterocycles. The number of fused-ring (bicyclic) bond motifs is 4. The zero-order valence-corrected chi connectivity index (χ0v) is 17.7. The van der Waals surface area contributed by atoms with Gasteiger partial charge < -0.3 is 11.1 Å². The Hall–Kier alpha value is -1.36. The van der Waals surface area contributed by atoms with Crippen LogP contribution in [0.25, 0.3) is 10.9 Å². The number of benzene rings is 1. The number of aryl methyl sites for hydroxylation is 1. The van der Waals surface area contributed by atoms with Crippen molar-refractivity contribution < 1.29 is 4.79 Å². The van der Waals surface area contributed by atoms with E-state index >= 15 is 0 Å². The fourth-order valence-corrected chi connectivity index (χ4v) is 5.72. The molecule has 2 saturated carbocycles. The summed E-state index contributed by atoms with van der Waals surface area (Å²) >= 11 is 0. The molecule has 2 aromatic rings. The van der Waals surface area contributed by atoms with Crippen LogP contribution in [-0.2, 0) is 12.8 Å². The average Bonchev–Trinajstić information content (AvgIpc) is 3.08. The molecule has 1 heterocycles. The van der Waals surface area contributed by atoms with Gasteiger partial charge in [-0.2, -0.15) is 0 Å². The smallest absolute Gasteiger partial charge is 0.252 e. The molecule has 0 saturated heterocycles. The fourth-order valence-electron chi connectivity index (χ4n) is 5.72. The summed E-state index contributed by atoms with van der Waals surface area (Å²) in [5, 5.41) is 4.46. The SMILES string of the molecule is Cl.Cl.NC1CC2CCCC(C1)C2NC(=O)c1c2c(nc3ccccc13)CCC2. The van der Waals surface area contributed by atoms with Crippen LogP contribution in [-0.4, -0.2) is 23.0 Å². The van der Waals surface area contributed by atoms with Crippen molar-refractivity contribution in [3.8, 4) is 0 Å². The van der Waals surface area contributed by atoms with Gasteiger partial charge >= 0.3 is 0 Å². The number of pyridine rings is 1. The summed E-state index contributed by atoms with van der Waals surface area (Å²) in [6, 6.07) is 8.69. The molecule has 4 nitrogen and oxygen atoms in total. The number of amides is 1. The highest BCUT2D eigenvalue weighted by Crippen LogP contribution is 2.40. The lowest BCUT2D eigenvalue weighted by molar-refractivity contribution is 0.0756. The fraction of sp³-hybridized carbons (Fsp3) is 0.545. The second-order valence-corrected chi connectivity index (χ2v) is 8.46. The molecule has 5 rings (SSSR count). The highest BCUT2D eigenvalue weighted by Gasteiger charge is 2.40. The van der Waals surface area contributed by atoms with E-state index in [2.05, 4.69) is 5.32 Å². The molecule has 3 N–H and O–H groups in total. The Morgan fingerprint density at radius 1 is 1.04 bits per heavy atom. The Morgan fingerprint density at radius 3 is 2.50 bits per heavy atom. The molecule has 152 valence electrons. The summed E-state index contributed by atoms with van der Waals surface area (Å²) in [6.07, 6.45) is 8.84. The number of hydrogen-bond acceptors (Lipinski definition) is 3. The molecule has 28 heavy (non-hydrogen) atoms. The number of aromatic nitrogens is 1. The monoisotopic (exact) mass is 421 g/mol. The average molecular weight is 422 g/mol. The molecule has 1 aromatic carbocycles. The number of hydrogen-bond donors (Lipinski definition) is 2. The largest absolute Gasteiger partial charge is 0.349 e. The molecule has 2 unspecified atom stereocenters. The first-order valence-electron chi connectivity index (χ1n) is 10.2. The Kier molecular flexibility index (Phi) is 6.53. The second-order valence-electron chi connectivity index (χ2n) is 8.46. The quantitative estimate of drug-likeness (QED) is 0.762. The van der Waals surface area contributed by atoms with E-state index in [1.54, 1.807) is 0 Å². The molecule has 6 heteroatoms. The predicted octanol–water partition coefficient (Wildman–Crippen LogP) is 4.20. The zero-order chi connectivity index (χ0) is 17.7. The van der Waals surface area contributed by atoms with Crippen LogP contribution in [0.5, 0.6) is 0 Å². The molecule has 0 radical (unpaired) electrons. The first-order chi connectivity index (χ1) is 12.7. The van der Waals surface area contributed by atoms with Gasteiger partial charge in [0.2, 0.25) is 0 Å². The van der Waals surface area contributed by atoms with E-state index in [-0.39, 0.29) is 30.7 Å². The Balaban J connectivity index is 0.00000112. The normalized spacial score (nSPS) is 28.0. The molecule has 2 bridgehead atoms. The summed E-state index contributed by atoms with van der Waals surface area (Å²) in [5.74, 6) is 1.20. The number of para-hydroxylation sites is 1. The van der Waals surface area contributed by atoms with Crippen LogP contribution in [0.1, 0.15) is 60.1 Å². The van der Waals surface area contributed by atoms with Gasteiger partial charge in [-0.1, -0.05) is 24.6 Å². The second kappa shape index (κ2) is 8.56. The van der Waals surface area contributed by atoms with Crippen LogP contribution < -0.4 is 11.1 Å². The lowest BCUT2D eigenvalue weighted by Crippen LogP contribution is -2.53. The first-order valence-corrected chi connectivity index (χ1v) is 10.2. The molecular weight excluding hydrogens is 393 g/mol. The minimum absolute atomic E-state index is 0. The summed E-state index contributed by atoms with van der Waals surface area (Å²) in [6.45, 7) is 0. The van der Waals surface area contributed by atoms with E-state index in [1.165, 1.54) is 24.8 Å². The molecule has 2 atom stereocenters. The summed E-state index contributed by atoms with van der Waals surface area (Å²) in [4.78, 5) is 18.2. The number of rotatable bonds is 2. The first kappa shape index (κ1) is 21.4. The van der Waals surface area contributed by atoms with Gasteiger partial charge in [-0.05, 0) is 68.4 Å². The van der Waals surface area contributed by atoms with Gasteiger partial charge in [0.15, 0.2) is 0 Å². The van der Waals surface area contributed by atoms with Gasteiger partial charge in [0, 0.05) is 23.2 Å². The number of nitrogens with two attached hydrogens (primary N) is 1. The number of nitrogens with one attached hydrogen (secondary N) is 1. The number of halogens is 2. The van der Waals surface area contributed by atoms with Gasteiger partial charge in [-0.3, -0.25) is 9.78 Å². The van der Waals surface area contributed by atoms with Crippen molar-refractivity contribution in [1.82, 2.24) is 10.3 Å². The van der Waals surface area contributed by atoms with Crippen LogP contribution in [0.4, 0.5) is 0 Å². The van der Waals surface area contributed by atoms with Gasteiger partial charge in [-0.15, -0.1) is 24.8 Å². The predicted molar refractivity (Wildman–Crippen MR) is 118 cm³/mol. The van der Waals surface area contributed by atoms with Crippen molar-refractivity contribution in [2.45, 2.75) is 63.5 Å². The minimum Gasteiger partial charge on any atom is -0.349 e. The van der Waals surface area contributed by atoms with Crippen molar-refractivity contribution in [2.24, 2.45) is 17.6 Å². The van der Waals surface area contributed by atoms with E-state index in [4.69, 9.17) is 10.7 Å². The molecule has 1 amide bonds. The molecule has 3 aliphatic carbocycles. The lowest BCUT2D eigenvalue weighted by atomic mass is 9.67. The van der Waals surface area contributed by atoms with Crippen LogP contribution >= 0.6 is 24.8 Å². The highest BCUT2D eigenvalue weighted by atomic mass is 35.5. The van der Waals surface area contributed by atoms with Crippen molar-refractivity contribution >= 4 is 41.6 Å². The summed E-state index contributed by atoms with van der Waals surface area (Å²) < 4.78 is 0. The van der Waals surface area contributed by atoms with Gasteiger partial charge in [0.1, 0.15) is 0 Å². The molecular formula is C22H29Cl2N3O. The highest BCUT2D eigenvalue weighted by molar-refractivity contribution is 6.08. The lowest BCUT2D eigenvalue weighted by Gasteiger charge is -2.45. The molecule has 3 aliphatic rings. The van der Waals surface area contributed by atoms with Crippen LogP contribution in [0.2, 0.25) is 0 Å². The summed E-state index contributed by atoms with van der Waals surface area (Å²) in [7, 11) is 0. The molecule has 2 fully saturated rings. The Morgan fingerprint density at radius 2 is 1.75 bits per heavy atom. The standard InChI is InChI=1S/C22H27N3O.2ClH/c23-15-11-13-5-3-6-14(12-15)21(13)25-22(26)20-16-7-1-2-9-18(16)24-19-10-4-8-17(19)20;;/h1-2,7,9,13-15,21H,3-6,8,10-12,23H2,(H,25,26);2*1H. The van der Waals surface area contributed by atoms with E-state index in [9.17, 15) is 4.79 Å². The Bertz CT molecular complexity index is 858. The van der Waals surface area contributed by atoms with Gasteiger partial charge in [-0.25, -0.2) is 0 Å². The van der Waals surface area contributed by atoms with E-state index in [0.717, 1.165) is 54.3 Å². The topological polar surface area (TPSA) is 68.0 Å². The van der Waals surface area contributed by atoms with Crippen LogP contribution in [0.15, 0.2) is 24.3 Å². The number of carbonyl (C=O) groups is 1. The van der Waals surface area contributed by atoms with Crippen LogP contribution in [0.3, 0.4) is 0 Å². The maximum absolute atomic E-state index is 13.4. The van der Waals surface area contributed by atoms with Crippen molar-refractivity contribution in [1.29, 1.82) is 0 Å². The minimum atomic E-state index is 0. The van der Waals surface area contributed by atoms with Gasteiger partial charge in [0.05, 0.1) is 11.1 Å². The van der Waals surface area contributed by atoms with E-state index in [1.807, 2.05) is 24.3 Å². The van der Waals surface area contributed by atoms with Crippen molar-refractivity contribution in [3.63, 3.8) is 0 Å². The third-order valence-electron chi connectivity index (χ3n) is 6.82. The maximum atomic E-state index is 13.4.